The van der Waals surface area contributed by atoms with E-state index in [9.17, 15) is 0 Å². The number of aromatic nitrogens is 2. The molecule has 0 bridgehead atoms. The maximum Gasteiger partial charge on any atom is 0.0730 e. The summed E-state index contributed by atoms with van der Waals surface area (Å²) < 4.78 is 5.21. The van der Waals surface area contributed by atoms with Crippen molar-refractivity contribution in [3.05, 3.63) is 170 Å². The predicted octanol–water partition coefficient (Wildman–Crippen LogP) is 13.3. The average Bonchev–Trinajstić information content (AvgIpc) is 3.76. The molecule has 0 saturated heterocycles. The molecule has 0 fully saturated rings. The molecule has 3 heteroatoms. The van der Waals surface area contributed by atoms with Gasteiger partial charge in [-0.3, -0.25) is 0 Å². The van der Waals surface area contributed by atoms with Crippen molar-refractivity contribution in [1.29, 1.82) is 0 Å². The Morgan fingerprint density at radius 2 is 0.820 bits per heavy atom. The lowest BCUT2D eigenvalue weighted by Crippen LogP contribution is -1.99. The van der Waals surface area contributed by atoms with Crippen LogP contribution in [0.4, 0.5) is 0 Å². The fourth-order valence-corrected chi connectivity index (χ4v) is 9.51. The smallest absolute Gasteiger partial charge is 0.0730 e. The summed E-state index contributed by atoms with van der Waals surface area (Å²) in [7, 11) is 0. The molecule has 0 amide bonds. The van der Waals surface area contributed by atoms with Gasteiger partial charge in [0.15, 0.2) is 0 Å². The van der Waals surface area contributed by atoms with Crippen LogP contribution < -0.4 is 0 Å². The van der Waals surface area contributed by atoms with Crippen LogP contribution in [0.25, 0.3) is 102 Å². The second-order valence-corrected chi connectivity index (χ2v) is 14.1. The highest BCUT2D eigenvalue weighted by atomic mass is 32.1. The van der Waals surface area contributed by atoms with E-state index in [4.69, 9.17) is 4.98 Å². The van der Waals surface area contributed by atoms with E-state index < -0.39 is 0 Å². The standard InChI is InChI=1S/C47H28N2S/c1-3-15-29(16-4-1)39-27-31(28-40(48-39)30-17-5-2-6-18-30)49-45-36-23-11-8-20-33(36)32-19-7-9-21-34(32)43(45)44-46(49)37-24-12-10-22-35(37)42-38-25-13-14-26-41(38)50-47(42)44/h1-28H. The Morgan fingerprint density at radius 1 is 0.380 bits per heavy atom. The van der Waals surface area contributed by atoms with Gasteiger partial charge in [0.25, 0.3) is 0 Å². The molecule has 0 radical (unpaired) electrons. The first-order valence-corrected chi connectivity index (χ1v) is 17.9. The van der Waals surface area contributed by atoms with Gasteiger partial charge in [0, 0.05) is 52.8 Å². The second kappa shape index (κ2) is 10.6. The van der Waals surface area contributed by atoms with Gasteiger partial charge in [-0.15, -0.1) is 11.3 Å². The van der Waals surface area contributed by atoms with E-state index in [-0.39, 0.29) is 0 Å². The lowest BCUT2D eigenvalue weighted by Gasteiger charge is -2.16. The van der Waals surface area contributed by atoms with Crippen LogP contribution in [-0.2, 0) is 0 Å². The third kappa shape index (κ3) is 3.87. The zero-order valence-corrected chi connectivity index (χ0v) is 27.8. The van der Waals surface area contributed by atoms with E-state index in [2.05, 4.69) is 174 Å². The summed E-state index contributed by atoms with van der Waals surface area (Å²) in [5, 5.41) is 12.9. The lowest BCUT2D eigenvalue weighted by molar-refractivity contribution is 1.17. The van der Waals surface area contributed by atoms with Crippen LogP contribution in [0.2, 0.25) is 0 Å². The molecule has 232 valence electrons. The van der Waals surface area contributed by atoms with Crippen molar-refractivity contribution in [3.63, 3.8) is 0 Å². The lowest BCUT2D eigenvalue weighted by atomic mass is 9.95. The van der Waals surface area contributed by atoms with Crippen LogP contribution in [0, 0.1) is 0 Å². The summed E-state index contributed by atoms with van der Waals surface area (Å²) in [6.07, 6.45) is 0. The SMILES string of the molecule is c1ccc(-c2cc(-n3c4c5ccccc5c5ccccc5c4c4c5sc6ccccc6c5c5ccccc5c43)cc(-c3ccccc3)n2)cc1. The molecule has 0 unspecified atom stereocenters. The van der Waals surface area contributed by atoms with E-state index in [0.29, 0.717) is 0 Å². The Bertz CT molecular complexity index is 3080. The summed E-state index contributed by atoms with van der Waals surface area (Å²) in [6.45, 7) is 0. The van der Waals surface area contributed by atoms with Gasteiger partial charge in [0.1, 0.15) is 0 Å². The number of thiophene rings is 1. The number of nitrogens with zero attached hydrogens (tertiary/aromatic N) is 2. The number of hydrogen-bond acceptors (Lipinski definition) is 2. The molecule has 2 nitrogen and oxygen atoms in total. The molecule has 0 saturated carbocycles. The molecule has 50 heavy (non-hydrogen) atoms. The van der Waals surface area contributed by atoms with Crippen LogP contribution in [0.3, 0.4) is 0 Å². The molecule has 0 N–H and O–H groups in total. The van der Waals surface area contributed by atoms with Gasteiger partial charge in [-0.1, -0.05) is 152 Å². The molecule has 11 rings (SSSR count). The van der Waals surface area contributed by atoms with Crippen LogP contribution in [-0.4, -0.2) is 9.55 Å². The molecule has 11 aromatic rings. The Kier molecular flexibility index (Phi) is 5.86. The highest BCUT2D eigenvalue weighted by Gasteiger charge is 2.25. The van der Waals surface area contributed by atoms with E-state index in [1.807, 2.05) is 11.3 Å². The Labute approximate surface area is 292 Å². The maximum atomic E-state index is 5.29. The largest absolute Gasteiger partial charge is 0.308 e. The third-order valence-electron chi connectivity index (χ3n) is 10.3. The fourth-order valence-electron chi connectivity index (χ4n) is 8.24. The van der Waals surface area contributed by atoms with Crippen molar-refractivity contribution in [1.82, 2.24) is 9.55 Å². The summed E-state index contributed by atoms with van der Waals surface area (Å²) in [5.74, 6) is 0. The van der Waals surface area contributed by atoms with E-state index in [1.54, 1.807) is 0 Å². The first-order chi connectivity index (χ1) is 24.8. The van der Waals surface area contributed by atoms with Crippen molar-refractivity contribution in [2.45, 2.75) is 0 Å². The molecule has 0 aliphatic rings. The fraction of sp³-hybridized carbons (Fsp3) is 0. The molecule has 0 atom stereocenters. The number of benzene rings is 8. The Balaban J connectivity index is 1.45. The van der Waals surface area contributed by atoms with Gasteiger partial charge in [-0.05, 0) is 39.7 Å². The second-order valence-electron chi connectivity index (χ2n) is 13.0. The Morgan fingerprint density at radius 3 is 1.44 bits per heavy atom. The summed E-state index contributed by atoms with van der Waals surface area (Å²) >= 11 is 1.92. The minimum atomic E-state index is 0.953. The topological polar surface area (TPSA) is 17.8 Å². The summed E-state index contributed by atoms with van der Waals surface area (Å²) in [6, 6.07) is 61.5. The van der Waals surface area contributed by atoms with E-state index >= 15 is 0 Å². The Hall–Kier alpha value is -6.29. The maximum absolute atomic E-state index is 5.29. The predicted molar refractivity (Wildman–Crippen MR) is 215 cm³/mol. The van der Waals surface area contributed by atoms with Crippen LogP contribution >= 0.6 is 11.3 Å². The van der Waals surface area contributed by atoms with Gasteiger partial charge in [-0.2, -0.15) is 0 Å². The molecule has 3 aromatic heterocycles. The molecule has 0 aliphatic carbocycles. The first kappa shape index (κ1) is 27.6. The first-order valence-electron chi connectivity index (χ1n) is 17.1. The monoisotopic (exact) mass is 652 g/mol. The van der Waals surface area contributed by atoms with Crippen molar-refractivity contribution in [3.8, 4) is 28.2 Å². The third-order valence-corrected chi connectivity index (χ3v) is 11.5. The molecular weight excluding hydrogens is 625 g/mol. The highest BCUT2D eigenvalue weighted by Crippen LogP contribution is 2.51. The van der Waals surface area contributed by atoms with Crippen molar-refractivity contribution in [2.75, 3.05) is 0 Å². The van der Waals surface area contributed by atoms with Crippen LogP contribution in [0.5, 0.6) is 0 Å². The van der Waals surface area contributed by atoms with Gasteiger partial charge < -0.3 is 4.57 Å². The normalized spacial score (nSPS) is 12.0. The molecule has 3 heterocycles. The zero-order valence-electron chi connectivity index (χ0n) is 27.0. The highest BCUT2D eigenvalue weighted by molar-refractivity contribution is 7.27. The van der Waals surface area contributed by atoms with Gasteiger partial charge in [0.2, 0.25) is 0 Å². The van der Waals surface area contributed by atoms with Crippen LogP contribution in [0.15, 0.2) is 170 Å². The summed E-state index contributed by atoms with van der Waals surface area (Å²) in [5.41, 5.74) is 7.67. The summed E-state index contributed by atoms with van der Waals surface area (Å²) in [4.78, 5) is 5.29. The average molecular weight is 653 g/mol. The minimum Gasteiger partial charge on any atom is -0.308 e. The number of hydrogen-bond donors (Lipinski definition) is 0. The number of pyridine rings is 1. The zero-order chi connectivity index (χ0) is 32.8. The van der Waals surface area contributed by atoms with E-state index in [1.165, 1.54) is 74.3 Å². The number of fused-ring (bicyclic) bond motifs is 15. The van der Waals surface area contributed by atoms with Gasteiger partial charge >= 0.3 is 0 Å². The molecular formula is C47H28N2S. The number of rotatable bonds is 3. The molecule has 0 aliphatic heterocycles. The molecule has 0 spiro atoms. The van der Waals surface area contributed by atoms with Crippen molar-refractivity contribution < 1.29 is 0 Å². The minimum absolute atomic E-state index is 0.953. The van der Waals surface area contributed by atoms with Gasteiger partial charge in [-0.25, -0.2) is 4.98 Å². The quantitative estimate of drug-likeness (QED) is 0.174. The van der Waals surface area contributed by atoms with Crippen molar-refractivity contribution >= 4 is 85.6 Å². The van der Waals surface area contributed by atoms with E-state index in [0.717, 1.165) is 28.2 Å². The van der Waals surface area contributed by atoms with Crippen molar-refractivity contribution in [2.24, 2.45) is 0 Å². The van der Waals surface area contributed by atoms with Crippen LogP contribution in [0.1, 0.15) is 0 Å². The van der Waals surface area contributed by atoms with Gasteiger partial charge in [0.05, 0.1) is 28.1 Å². The molecule has 8 aromatic carbocycles.